The molecule has 148 valence electrons. The number of aryl methyl sites for hydroxylation is 2. The number of aromatic nitrogens is 2. The molecule has 0 N–H and O–H groups in total. The Kier molecular flexibility index (Phi) is 5.46. The number of carbonyl (C=O) groups is 2. The Morgan fingerprint density at radius 2 is 2.00 bits per heavy atom. The van der Waals surface area contributed by atoms with Crippen molar-refractivity contribution in [2.75, 3.05) is 13.2 Å². The maximum absolute atomic E-state index is 12.5. The van der Waals surface area contributed by atoms with E-state index < -0.39 is 0 Å². The van der Waals surface area contributed by atoms with Crippen molar-refractivity contribution < 1.29 is 14.3 Å². The Morgan fingerprint density at radius 1 is 1.21 bits per heavy atom. The molecule has 0 atom stereocenters. The van der Waals surface area contributed by atoms with Crippen LogP contribution in [0.2, 0.25) is 0 Å². The summed E-state index contributed by atoms with van der Waals surface area (Å²) < 4.78 is 7.18. The zero-order chi connectivity index (χ0) is 19.5. The molecule has 2 aromatic rings. The van der Waals surface area contributed by atoms with Gasteiger partial charge in [-0.05, 0) is 38.2 Å². The van der Waals surface area contributed by atoms with Crippen LogP contribution >= 0.6 is 0 Å². The predicted octanol–water partition coefficient (Wildman–Crippen LogP) is 2.99. The van der Waals surface area contributed by atoms with Crippen molar-refractivity contribution >= 4 is 11.9 Å². The van der Waals surface area contributed by atoms with Gasteiger partial charge in [0.15, 0.2) is 5.69 Å². The highest BCUT2D eigenvalue weighted by molar-refractivity contribution is 5.90. The van der Waals surface area contributed by atoms with E-state index in [4.69, 9.17) is 4.74 Å². The average molecular weight is 381 g/mol. The molecule has 0 saturated heterocycles. The molecule has 1 aliphatic heterocycles. The quantitative estimate of drug-likeness (QED) is 0.692. The van der Waals surface area contributed by atoms with Crippen molar-refractivity contribution in [3.05, 3.63) is 52.8 Å². The third kappa shape index (κ3) is 3.96. The zero-order valence-corrected chi connectivity index (χ0v) is 16.4. The van der Waals surface area contributed by atoms with Crippen LogP contribution in [0.25, 0.3) is 0 Å². The van der Waals surface area contributed by atoms with E-state index in [0.29, 0.717) is 25.4 Å². The van der Waals surface area contributed by atoms with E-state index in [1.807, 2.05) is 15.6 Å². The van der Waals surface area contributed by atoms with Crippen LogP contribution in [-0.4, -0.2) is 39.7 Å². The van der Waals surface area contributed by atoms with Crippen LogP contribution in [0, 0.1) is 5.92 Å². The second-order valence-electron chi connectivity index (χ2n) is 7.59. The summed E-state index contributed by atoms with van der Waals surface area (Å²) in [5, 5.41) is 4.60. The van der Waals surface area contributed by atoms with Crippen molar-refractivity contribution in [2.24, 2.45) is 5.92 Å². The summed E-state index contributed by atoms with van der Waals surface area (Å²) >= 11 is 0. The number of esters is 1. The number of hydrogen-bond donors (Lipinski definition) is 0. The maximum atomic E-state index is 12.5. The molecule has 4 rings (SSSR count). The van der Waals surface area contributed by atoms with Crippen LogP contribution in [0.1, 0.15) is 53.5 Å². The van der Waals surface area contributed by atoms with Crippen LogP contribution in [0.15, 0.2) is 30.3 Å². The molecule has 6 nitrogen and oxygen atoms in total. The van der Waals surface area contributed by atoms with Gasteiger partial charge in [-0.2, -0.15) is 5.10 Å². The van der Waals surface area contributed by atoms with E-state index >= 15 is 0 Å². The Bertz CT molecular complexity index is 855. The summed E-state index contributed by atoms with van der Waals surface area (Å²) in [4.78, 5) is 26.8. The van der Waals surface area contributed by atoms with Gasteiger partial charge >= 0.3 is 5.97 Å². The summed E-state index contributed by atoms with van der Waals surface area (Å²) in [5.74, 6) is 0.0204. The molecule has 1 saturated carbocycles. The first-order valence-electron chi connectivity index (χ1n) is 10.3. The van der Waals surface area contributed by atoms with E-state index in [2.05, 4.69) is 29.4 Å². The summed E-state index contributed by atoms with van der Waals surface area (Å²) in [6, 6.07) is 10.4. The third-order valence-corrected chi connectivity index (χ3v) is 5.52. The van der Waals surface area contributed by atoms with Crippen LogP contribution in [-0.2, 0) is 35.5 Å². The highest BCUT2D eigenvalue weighted by Gasteiger charge is 2.37. The Morgan fingerprint density at radius 3 is 2.71 bits per heavy atom. The van der Waals surface area contributed by atoms with Crippen molar-refractivity contribution in [1.29, 1.82) is 0 Å². The van der Waals surface area contributed by atoms with Gasteiger partial charge in [0.2, 0.25) is 5.91 Å². The van der Waals surface area contributed by atoms with E-state index in [0.717, 1.165) is 49.9 Å². The minimum atomic E-state index is -0.388. The molecular formula is C22H27N3O3. The number of nitrogens with zero attached hydrogens (tertiary/aromatic N) is 3. The Labute approximate surface area is 165 Å². The standard InChI is InChI=1S/C22H27N3O3/c1-2-28-22(27)20-18-15-24(21(26)17-10-11-17)14-12-19(18)25(23-20)13-6-9-16-7-4-3-5-8-16/h3-5,7-8,17H,2,6,9-15H2,1H3. The van der Waals surface area contributed by atoms with E-state index in [1.165, 1.54) is 5.56 Å². The molecule has 0 radical (unpaired) electrons. The minimum Gasteiger partial charge on any atom is -0.461 e. The predicted molar refractivity (Wildman–Crippen MR) is 105 cm³/mol. The lowest BCUT2D eigenvalue weighted by Crippen LogP contribution is -2.37. The van der Waals surface area contributed by atoms with E-state index in [1.54, 1.807) is 6.92 Å². The van der Waals surface area contributed by atoms with Crippen LogP contribution in [0.3, 0.4) is 0 Å². The summed E-state index contributed by atoms with van der Waals surface area (Å²) in [6.45, 7) is 4.04. The van der Waals surface area contributed by atoms with Gasteiger partial charge in [-0.3, -0.25) is 9.48 Å². The molecule has 1 aromatic heterocycles. The molecule has 0 bridgehead atoms. The Balaban J connectivity index is 1.51. The molecule has 1 fully saturated rings. The summed E-state index contributed by atoms with van der Waals surface area (Å²) in [5.41, 5.74) is 3.63. The molecule has 2 aliphatic rings. The van der Waals surface area contributed by atoms with Crippen molar-refractivity contribution in [3.63, 3.8) is 0 Å². The second-order valence-corrected chi connectivity index (χ2v) is 7.59. The lowest BCUT2D eigenvalue weighted by molar-refractivity contribution is -0.133. The van der Waals surface area contributed by atoms with Crippen molar-refractivity contribution in [3.8, 4) is 0 Å². The van der Waals surface area contributed by atoms with Crippen LogP contribution in [0.5, 0.6) is 0 Å². The molecule has 2 heterocycles. The number of carbonyl (C=O) groups excluding carboxylic acids is 2. The molecule has 28 heavy (non-hydrogen) atoms. The molecule has 0 unspecified atom stereocenters. The number of amides is 1. The molecule has 1 aromatic carbocycles. The van der Waals surface area contributed by atoms with E-state index in [-0.39, 0.29) is 17.8 Å². The van der Waals surface area contributed by atoms with Gasteiger partial charge in [-0.15, -0.1) is 0 Å². The van der Waals surface area contributed by atoms with Crippen LogP contribution < -0.4 is 0 Å². The van der Waals surface area contributed by atoms with Gasteiger partial charge < -0.3 is 9.64 Å². The van der Waals surface area contributed by atoms with Gasteiger partial charge in [0, 0.05) is 43.2 Å². The molecular weight excluding hydrogens is 354 g/mol. The number of ether oxygens (including phenoxy) is 1. The Hall–Kier alpha value is -2.63. The van der Waals surface area contributed by atoms with E-state index in [9.17, 15) is 9.59 Å². The first-order chi connectivity index (χ1) is 13.7. The van der Waals surface area contributed by atoms with Gasteiger partial charge in [-0.25, -0.2) is 4.79 Å². The highest BCUT2D eigenvalue weighted by atomic mass is 16.5. The zero-order valence-electron chi connectivity index (χ0n) is 16.4. The fraction of sp³-hybridized carbons (Fsp3) is 0.500. The largest absolute Gasteiger partial charge is 0.461 e. The first kappa shape index (κ1) is 18.7. The number of benzene rings is 1. The number of fused-ring (bicyclic) bond motifs is 1. The SMILES string of the molecule is CCOC(=O)c1nn(CCCc2ccccc2)c2c1CN(C(=O)C1CC1)CC2. The van der Waals surface area contributed by atoms with Crippen molar-refractivity contribution in [2.45, 2.75) is 52.1 Å². The van der Waals surface area contributed by atoms with Gasteiger partial charge in [0.1, 0.15) is 0 Å². The summed E-state index contributed by atoms with van der Waals surface area (Å²) in [7, 11) is 0. The smallest absolute Gasteiger partial charge is 0.359 e. The van der Waals surface area contributed by atoms with Crippen molar-refractivity contribution in [1.82, 2.24) is 14.7 Å². The average Bonchev–Trinajstić information content (AvgIpc) is 3.50. The summed E-state index contributed by atoms with van der Waals surface area (Å²) in [6.07, 6.45) is 4.64. The lowest BCUT2D eigenvalue weighted by atomic mass is 10.0. The molecule has 1 amide bonds. The fourth-order valence-electron chi connectivity index (χ4n) is 3.89. The minimum absolute atomic E-state index is 0.188. The first-order valence-corrected chi connectivity index (χ1v) is 10.3. The van der Waals surface area contributed by atoms with Gasteiger partial charge in [0.25, 0.3) is 0 Å². The topological polar surface area (TPSA) is 64.4 Å². The molecule has 1 aliphatic carbocycles. The third-order valence-electron chi connectivity index (χ3n) is 5.52. The maximum Gasteiger partial charge on any atom is 0.359 e. The monoisotopic (exact) mass is 381 g/mol. The molecule has 6 heteroatoms. The number of hydrogen-bond acceptors (Lipinski definition) is 4. The van der Waals surface area contributed by atoms with Gasteiger partial charge in [-0.1, -0.05) is 30.3 Å². The van der Waals surface area contributed by atoms with Crippen LogP contribution in [0.4, 0.5) is 0 Å². The fourth-order valence-corrected chi connectivity index (χ4v) is 3.89. The second kappa shape index (κ2) is 8.17. The highest BCUT2D eigenvalue weighted by Crippen LogP contribution is 2.33. The van der Waals surface area contributed by atoms with Gasteiger partial charge in [0.05, 0.1) is 6.61 Å². The molecule has 0 spiro atoms. The number of rotatable bonds is 7. The lowest BCUT2D eigenvalue weighted by Gasteiger charge is -2.28. The normalized spacial score (nSPS) is 16.0.